The number of nitriles is 1. The van der Waals surface area contributed by atoms with Crippen LogP contribution in [-0.2, 0) is 6.42 Å². The predicted molar refractivity (Wildman–Crippen MR) is 52.3 cm³/mol. The lowest BCUT2D eigenvalue weighted by atomic mass is 10.1. The highest BCUT2D eigenvalue weighted by atomic mass is 32.2. The van der Waals surface area contributed by atoms with Crippen LogP contribution in [0, 0.1) is 11.3 Å². The van der Waals surface area contributed by atoms with Crippen LogP contribution in [0.2, 0.25) is 0 Å². The van der Waals surface area contributed by atoms with Crippen LogP contribution in [0.4, 0.5) is 0 Å². The molecule has 0 aliphatic rings. The zero-order valence-corrected chi connectivity index (χ0v) is 8.11. The van der Waals surface area contributed by atoms with E-state index in [1.807, 2.05) is 18.4 Å². The van der Waals surface area contributed by atoms with Crippen LogP contribution >= 0.6 is 11.8 Å². The Labute approximate surface area is 77.4 Å². The summed E-state index contributed by atoms with van der Waals surface area (Å²) < 4.78 is 0. The second-order valence-electron chi connectivity index (χ2n) is 2.50. The number of thioether (sulfide) groups is 1. The lowest BCUT2D eigenvalue weighted by Gasteiger charge is -2.01. The van der Waals surface area contributed by atoms with Crippen molar-refractivity contribution in [1.82, 2.24) is 0 Å². The molecule has 0 saturated heterocycles. The summed E-state index contributed by atoms with van der Waals surface area (Å²) in [6.07, 6.45) is 2.98. The molecule has 0 radical (unpaired) electrons. The summed E-state index contributed by atoms with van der Waals surface area (Å²) in [5.74, 6) is 0. The van der Waals surface area contributed by atoms with Gasteiger partial charge in [-0.15, -0.1) is 11.8 Å². The first-order chi connectivity index (χ1) is 5.81. The van der Waals surface area contributed by atoms with Crippen molar-refractivity contribution in [3.05, 3.63) is 29.3 Å². The van der Waals surface area contributed by atoms with Gasteiger partial charge in [-0.25, -0.2) is 0 Å². The van der Waals surface area contributed by atoms with E-state index in [0.29, 0.717) is 0 Å². The molecule has 0 aliphatic carbocycles. The van der Waals surface area contributed by atoms with Gasteiger partial charge in [-0.2, -0.15) is 5.26 Å². The van der Waals surface area contributed by atoms with Gasteiger partial charge in [0.25, 0.3) is 0 Å². The van der Waals surface area contributed by atoms with E-state index in [1.54, 1.807) is 11.8 Å². The fourth-order valence-corrected chi connectivity index (χ4v) is 1.59. The van der Waals surface area contributed by atoms with E-state index in [1.165, 1.54) is 5.56 Å². The van der Waals surface area contributed by atoms with Crippen molar-refractivity contribution >= 4 is 11.8 Å². The Morgan fingerprint density at radius 1 is 1.50 bits per heavy atom. The van der Waals surface area contributed by atoms with Gasteiger partial charge in [0.1, 0.15) is 6.07 Å². The van der Waals surface area contributed by atoms with Crippen molar-refractivity contribution in [2.75, 3.05) is 6.26 Å². The fraction of sp³-hybridized carbons (Fsp3) is 0.300. The normalized spacial score (nSPS) is 9.42. The molecule has 1 nitrogen and oxygen atoms in total. The van der Waals surface area contributed by atoms with Crippen molar-refractivity contribution in [2.45, 2.75) is 18.2 Å². The summed E-state index contributed by atoms with van der Waals surface area (Å²) in [4.78, 5) is 1.06. The summed E-state index contributed by atoms with van der Waals surface area (Å²) >= 11 is 1.62. The maximum Gasteiger partial charge on any atom is 0.100 e. The zero-order valence-electron chi connectivity index (χ0n) is 7.29. The Hall–Kier alpha value is -0.940. The molecule has 0 N–H and O–H groups in total. The summed E-state index contributed by atoms with van der Waals surface area (Å²) in [7, 11) is 0. The molecule has 0 aromatic heterocycles. The third-order valence-electron chi connectivity index (χ3n) is 1.79. The van der Waals surface area contributed by atoms with Crippen LogP contribution in [0.25, 0.3) is 0 Å². The molecule has 12 heavy (non-hydrogen) atoms. The summed E-state index contributed by atoms with van der Waals surface area (Å²) in [5, 5.41) is 8.81. The van der Waals surface area contributed by atoms with Crippen LogP contribution in [-0.4, -0.2) is 6.26 Å². The van der Waals surface area contributed by atoms with E-state index in [2.05, 4.69) is 19.1 Å². The Morgan fingerprint density at radius 3 is 2.75 bits per heavy atom. The molecule has 1 aromatic rings. The molecule has 0 fully saturated rings. The van der Waals surface area contributed by atoms with Gasteiger partial charge in [-0.3, -0.25) is 0 Å². The lowest BCUT2D eigenvalue weighted by Crippen LogP contribution is -1.85. The molecule has 0 aliphatic heterocycles. The second-order valence-corrected chi connectivity index (χ2v) is 3.35. The van der Waals surface area contributed by atoms with Crippen LogP contribution < -0.4 is 0 Å². The molecule has 0 spiro atoms. The topological polar surface area (TPSA) is 23.8 Å². The third kappa shape index (κ3) is 1.80. The average molecular weight is 177 g/mol. The highest BCUT2D eigenvalue weighted by molar-refractivity contribution is 7.98. The van der Waals surface area contributed by atoms with Crippen molar-refractivity contribution in [3.63, 3.8) is 0 Å². The average Bonchev–Trinajstić information content (AvgIpc) is 2.16. The van der Waals surface area contributed by atoms with Crippen LogP contribution in [0.3, 0.4) is 0 Å². The molecule has 0 atom stereocenters. The minimum absolute atomic E-state index is 0.793. The smallest absolute Gasteiger partial charge is 0.100 e. The molecule has 0 saturated carbocycles. The minimum atomic E-state index is 0.793. The first kappa shape index (κ1) is 9.15. The van der Waals surface area contributed by atoms with E-state index in [-0.39, 0.29) is 0 Å². The van der Waals surface area contributed by atoms with Crippen LogP contribution in [0.5, 0.6) is 0 Å². The fourth-order valence-electron chi connectivity index (χ4n) is 1.06. The van der Waals surface area contributed by atoms with E-state index < -0.39 is 0 Å². The third-order valence-corrected chi connectivity index (χ3v) is 2.59. The van der Waals surface area contributed by atoms with E-state index in [0.717, 1.165) is 16.9 Å². The molecule has 0 heterocycles. The summed E-state index contributed by atoms with van der Waals surface area (Å²) in [6, 6.07) is 8.26. The standard InChI is InChI=1S/C10H11NS/c1-3-8-4-5-10(12-2)9(6-8)7-11/h4-6H,3H2,1-2H3. The van der Waals surface area contributed by atoms with Crippen LogP contribution in [0.1, 0.15) is 18.1 Å². The van der Waals surface area contributed by atoms with Crippen LogP contribution in [0.15, 0.2) is 23.1 Å². The Bertz CT molecular complexity index is 312. The number of hydrogen-bond donors (Lipinski definition) is 0. The second kappa shape index (κ2) is 4.18. The SMILES string of the molecule is CCc1ccc(SC)c(C#N)c1. The Balaban J connectivity index is 3.13. The van der Waals surface area contributed by atoms with Gasteiger partial charge >= 0.3 is 0 Å². The first-order valence-electron chi connectivity index (χ1n) is 3.88. The van der Waals surface area contributed by atoms with E-state index in [4.69, 9.17) is 5.26 Å². The zero-order chi connectivity index (χ0) is 8.97. The highest BCUT2D eigenvalue weighted by Crippen LogP contribution is 2.20. The monoisotopic (exact) mass is 177 g/mol. The van der Waals surface area contributed by atoms with Gasteiger partial charge in [0.15, 0.2) is 0 Å². The maximum absolute atomic E-state index is 8.81. The van der Waals surface area contributed by atoms with Gasteiger partial charge in [-0.1, -0.05) is 13.0 Å². The lowest BCUT2D eigenvalue weighted by molar-refractivity contribution is 1.12. The Kier molecular flexibility index (Phi) is 3.19. The maximum atomic E-state index is 8.81. The summed E-state index contributed by atoms with van der Waals surface area (Å²) in [6.45, 7) is 2.09. The predicted octanol–water partition coefficient (Wildman–Crippen LogP) is 2.84. The van der Waals surface area contributed by atoms with Gasteiger partial charge in [0, 0.05) is 4.90 Å². The molecule has 0 bridgehead atoms. The highest BCUT2D eigenvalue weighted by Gasteiger charge is 2.00. The molecule has 1 rings (SSSR count). The molecule has 0 amide bonds. The first-order valence-corrected chi connectivity index (χ1v) is 5.11. The van der Waals surface area contributed by atoms with Crippen molar-refractivity contribution in [2.24, 2.45) is 0 Å². The van der Waals surface area contributed by atoms with Crippen molar-refractivity contribution in [3.8, 4) is 6.07 Å². The minimum Gasteiger partial charge on any atom is -0.192 e. The molecule has 0 unspecified atom stereocenters. The largest absolute Gasteiger partial charge is 0.192 e. The van der Waals surface area contributed by atoms with Gasteiger partial charge in [0.05, 0.1) is 5.56 Å². The Morgan fingerprint density at radius 2 is 2.25 bits per heavy atom. The van der Waals surface area contributed by atoms with Gasteiger partial charge < -0.3 is 0 Å². The van der Waals surface area contributed by atoms with Gasteiger partial charge in [0.2, 0.25) is 0 Å². The molecule has 2 heteroatoms. The van der Waals surface area contributed by atoms with Crippen molar-refractivity contribution < 1.29 is 0 Å². The quantitative estimate of drug-likeness (QED) is 0.648. The number of rotatable bonds is 2. The molecular weight excluding hydrogens is 166 g/mol. The number of benzene rings is 1. The molecule has 62 valence electrons. The number of hydrogen-bond acceptors (Lipinski definition) is 2. The molecular formula is C10H11NS. The number of aryl methyl sites for hydroxylation is 1. The van der Waals surface area contributed by atoms with E-state index in [9.17, 15) is 0 Å². The van der Waals surface area contributed by atoms with Gasteiger partial charge in [-0.05, 0) is 30.4 Å². The van der Waals surface area contributed by atoms with E-state index >= 15 is 0 Å². The van der Waals surface area contributed by atoms with Crippen molar-refractivity contribution in [1.29, 1.82) is 5.26 Å². The number of nitrogens with zero attached hydrogens (tertiary/aromatic N) is 1. The molecule has 1 aromatic carbocycles. The summed E-state index contributed by atoms with van der Waals surface area (Å²) in [5.41, 5.74) is 2.02.